The molecule has 28 heavy (non-hydrogen) atoms. The highest BCUT2D eigenvalue weighted by molar-refractivity contribution is 7.99. The summed E-state index contributed by atoms with van der Waals surface area (Å²) in [6.07, 6.45) is -0.301. The molecule has 11 heteroatoms. The van der Waals surface area contributed by atoms with E-state index in [4.69, 9.17) is 9.47 Å². The Morgan fingerprint density at radius 1 is 1.25 bits per heavy atom. The topological polar surface area (TPSA) is 104 Å². The van der Waals surface area contributed by atoms with Gasteiger partial charge in [0.1, 0.15) is 17.0 Å². The molecule has 3 rings (SSSR count). The van der Waals surface area contributed by atoms with Crippen LogP contribution in [0.25, 0.3) is 0 Å². The fourth-order valence-electron chi connectivity index (χ4n) is 2.43. The molecule has 1 unspecified atom stereocenters. The molecule has 0 aliphatic rings. The van der Waals surface area contributed by atoms with Crippen LogP contribution < -0.4 is 14.8 Å². The highest BCUT2D eigenvalue weighted by Gasteiger charge is 2.19. The minimum Gasteiger partial charge on any atom is -0.497 e. The van der Waals surface area contributed by atoms with Crippen molar-refractivity contribution in [1.82, 2.24) is 25.0 Å². The molecule has 0 aliphatic carbocycles. The fraction of sp³-hybridized carbons (Fsp3) is 0.353. The van der Waals surface area contributed by atoms with Gasteiger partial charge in [0.25, 0.3) is 0 Å². The van der Waals surface area contributed by atoms with Crippen molar-refractivity contribution >= 4 is 34.1 Å². The lowest BCUT2D eigenvalue weighted by atomic mass is 10.3. The van der Waals surface area contributed by atoms with E-state index in [0.29, 0.717) is 28.4 Å². The van der Waals surface area contributed by atoms with Gasteiger partial charge in [-0.2, -0.15) is 0 Å². The lowest BCUT2D eigenvalue weighted by Gasteiger charge is -2.15. The minimum absolute atomic E-state index is 0.170. The molecule has 1 atom stereocenters. The van der Waals surface area contributed by atoms with E-state index in [2.05, 4.69) is 25.7 Å². The molecular formula is C17H20N6O3S2. The number of carbonyl (C=O) groups is 1. The predicted octanol–water partition coefficient (Wildman–Crippen LogP) is 3.03. The number of hydrogen-bond donors (Lipinski definition) is 1. The van der Waals surface area contributed by atoms with Crippen LogP contribution in [0.4, 0.5) is 5.13 Å². The lowest BCUT2D eigenvalue weighted by molar-refractivity contribution is -0.113. The largest absolute Gasteiger partial charge is 0.497 e. The van der Waals surface area contributed by atoms with Crippen molar-refractivity contribution in [3.8, 4) is 11.5 Å². The summed E-state index contributed by atoms with van der Waals surface area (Å²) in [4.78, 5) is 12.0. The molecule has 0 saturated heterocycles. The number of rotatable bonds is 9. The van der Waals surface area contributed by atoms with Crippen molar-refractivity contribution in [2.45, 2.75) is 31.7 Å². The summed E-state index contributed by atoms with van der Waals surface area (Å²) in [5.41, 5.74) is 1.56. The second-order valence-electron chi connectivity index (χ2n) is 5.60. The van der Waals surface area contributed by atoms with Crippen molar-refractivity contribution < 1.29 is 14.3 Å². The molecule has 0 aliphatic heterocycles. The smallest absolute Gasteiger partial charge is 0.236 e. The number of ether oxygens (including phenoxy) is 2. The first-order valence-electron chi connectivity index (χ1n) is 8.53. The average molecular weight is 421 g/mol. The normalized spacial score (nSPS) is 11.8. The molecule has 2 aromatic heterocycles. The van der Waals surface area contributed by atoms with Gasteiger partial charge < -0.3 is 14.0 Å². The Labute approximate surface area is 170 Å². The zero-order chi connectivity index (χ0) is 19.9. The number of benzene rings is 1. The molecule has 0 bridgehead atoms. The van der Waals surface area contributed by atoms with Crippen molar-refractivity contribution in [3.63, 3.8) is 0 Å². The van der Waals surface area contributed by atoms with Gasteiger partial charge in [-0.05, 0) is 38.1 Å². The Morgan fingerprint density at radius 2 is 2.00 bits per heavy atom. The van der Waals surface area contributed by atoms with Crippen LogP contribution in [-0.4, -0.2) is 43.7 Å². The zero-order valence-corrected chi connectivity index (χ0v) is 17.3. The first-order chi connectivity index (χ1) is 13.6. The molecular weight excluding hydrogens is 400 g/mol. The van der Waals surface area contributed by atoms with Crippen LogP contribution >= 0.6 is 23.1 Å². The Kier molecular flexibility index (Phi) is 6.82. The number of nitrogens with zero attached hydrogens (tertiary/aromatic N) is 5. The molecule has 2 heterocycles. The Balaban J connectivity index is 1.62. The summed E-state index contributed by atoms with van der Waals surface area (Å²) in [6.45, 7) is 4.58. The maximum Gasteiger partial charge on any atom is 0.236 e. The van der Waals surface area contributed by atoms with Crippen LogP contribution in [-0.2, 0) is 11.3 Å². The molecule has 1 amide bonds. The Morgan fingerprint density at radius 3 is 2.64 bits per heavy atom. The maximum absolute atomic E-state index is 12.0. The quantitative estimate of drug-likeness (QED) is 0.527. The average Bonchev–Trinajstić information content (AvgIpc) is 3.36. The predicted molar refractivity (Wildman–Crippen MR) is 107 cm³/mol. The van der Waals surface area contributed by atoms with E-state index in [9.17, 15) is 4.79 Å². The Hall–Kier alpha value is -2.66. The first-order valence-corrected chi connectivity index (χ1v) is 10.4. The molecule has 1 aromatic carbocycles. The summed E-state index contributed by atoms with van der Waals surface area (Å²) in [7, 11) is 1.62. The lowest BCUT2D eigenvalue weighted by Crippen LogP contribution is -2.15. The van der Waals surface area contributed by atoms with Gasteiger partial charge in [-0.3, -0.25) is 10.1 Å². The highest BCUT2D eigenvalue weighted by atomic mass is 32.2. The van der Waals surface area contributed by atoms with Gasteiger partial charge in [0.2, 0.25) is 11.0 Å². The number of thioether (sulfide) groups is 1. The molecule has 9 nitrogen and oxygen atoms in total. The number of anilines is 1. The fourth-order valence-corrected chi connectivity index (χ4v) is 3.70. The number of nitrogens with one attached hydrogen (secondary N) is 1. The van der Waals surface area contributed by atoms with Gasteiger partial charge in [-0.1, -0.05) is 23.1 Å². The van der Waals surface area contributed by atoms with Crippen molar-refractivity contribution in [3.05, 3.63) is 35.6 Å². The third kappa shape index (κ3) is 4.98. The summed E-state index contributed by atoms with van der Waals surface area (Å²) >= 11 is 2.58. The summed E-state index contributed by atoms with van der Waals surface area (Å²) in [6, 6.07) is 7.36. The van der Waals surface area contributed by atoms with E-state index in [1.54, 1.807) is 12.6 Å². The third-order valence-corrected chi connectivity index (χ3v) is 5.31. The second-order valence-corrected chi connectivity index (χ2v) is 7.38. The number of methoxy groups -OCH3 is 1. The first kappa shape index (κ1) is 20.1. The molecule has 148 valence electrons. The van der Waals surface area contributed by atoms with Gasteiger partial charge in [-0.15, -0.1) is 20.4 Å². The van der Waals surface area contributed by atoms with Crippen LogP contribution in [0.15, 0.2) is 34.9 Å². The molecule has 1 N–H and O–H groups in total. The standard InChI is InChI=1S/C17H20N6O3S2/c1-4-23-15(11(2)26-13-7-5-12(25-3)6-8-13)20-22-17(23)27-9-14(24)19-16-21-18-10-28-16/h5-8,10-11H,4,9H2,1-3H3,(H,19,21,24). The molecule has 0 spiro atoms. The molecule has 0 fully saturated rings. The van der Waals surface area contributed by atoms with E-state index in [1.165, 1.54) is 23.1 Å². The SMILES string of the molecule is CCn1c(SCC(=O)Nc2nncs2)nnc1C(C)Oc1ccc(OC)cc1. The van der Waals surface area contributed by atoms with E-state index in [0.717, 1.165) is 5.75 Å². The van der Waals surface area contributed by atoms with Crippen molar-refractivity contribution in [2.75, 3.05) is 18.2 Å². The number of amides is 1. The number of hydrogen-bond acceptors (Lipinski definition) is 9. The molecule has 0 radical (unpaired) electrons. The maximum atomic E-state index is 12.0. The van der Waals surface area contributed by atoms with Crippen LogP contribution in [0.1, 0.15) is 25.8 Å². The van der Waals surface area contributed by atoms with Crippen molar-refractivity contribution in [1.29, 1.82) is 0 Å². The van der Waals surface area contributed by atoms with Crippen LogP contribution in [0.5, 0.6) is 11.5 Å². The van der Waals surface area contributed by atoms with Gasteiger partial charge in [0.05, 0.1) is 12.9 Å². The van der Waals surface area contributed by atoms with Crippen LogP contribution in [0.2, 0.25) is 0 Å². The highest BCUT2D eigenvalue weighted by Crippen LogP contribution is 2.26. The second kappa shape index (κ2) is 9.51. The van der Waals surface area contributed by atoms with E-state index < -0.39 is 0 Å². The Bertz CT molecular complexity index is 898. The minimum atomic E-state index is -0.301. The van der Waals surface area contributed by atoms with Gasteiger partial charge in [-0.25, -0.2) is 0 Å². The van der Waals surface area contributed by atoms with Gasteiger partial charge in [0.15, 0.2) is 17.1 Å². The molecule has 3 aromatic rings. The van der Waals surface area contributed by atoms with E-state index in [-0.39, 0.29) is 17.8 Å². The van der Waals surface area contributed by atoms with Gasteiger partial charge in [0, 0.05) is 6.54 Å². The van der Waals surface area contributed by atoms with Crippen LogP contribution in [0, 0.1) is 0 Å². The number of carbonyl (C=O) groups excluding carboxylic acids is 1. The van der Waals surface area contributed by atoms with Gasteiger partial charge >= 0.3 is 0 Å². The zero-order valence-electron chi connectivity index (χ0n) is 15.7. The summed E-state index contributed by atoms with van der Waals surface area (Å²) in [5.74, 6) is 2.21. The van der Waals surface area contributed by atoms with Crippen LogP contribution in [0.3, 0.4) is 0 Å². The molecule has 0 saturated carbocycles. The van der Waals surface area contributed by atoms with Crippen molar-refractivity contribution in [2.24, 2.45) is 0 Å². The summed E-state index contributed by atoms with van der Waals surface area (Å²) < 4.78 is 13.1. The van der Waals surface area contributed by atoms with E-state index >= 15 is 0 Å². The monoisotopic (exact) mass is 420 g/mol. The number of aromatic nitrogens is 5. The third-order valence-electron chi connectivity index (χ3n) is 3.74. The summed E-state index contributed by atoms with van der Waals surface area (Å²) in [5, 5.41) is 19.8. The van der Waals surface area contributed by atoms with E-state index in [1.807, 2.05) is 42.7 Å².